The zero-order valence-electron chi connectivity index (χ0n) is 11.3. The lowest BCUT2D eigenvalue weighted by Gasteiger charge is -2.15. The van der Waals surface area contributed by atoms with Gasteiger partial charge in [0.1, 0.15) is 5.82 Å². The first-order valence-corrected chi connectivity index (χ1v) is 7.05. The molecule has 1 rings (SSSR count). The van der Waals surface area contributed by atoms with Gasteiger partial charge in [-0.15, -0.1) is 5.92 Å². The van der Waals surface area contributed by atoms with Crippen LogP contribution in [0.15, 0.2) is 17.0 Å². The molecule has 1 aromatic rings. The molecule has 0 saturated carbocycles. The Kier molecular flexibility index (Phi) is 4.87. The number of carboxylic acid groups (broad SMARTS) is 1. The standard InChI is InChI=1S/C13H14FNO4S/c1-4-5-6-15(3)20(18,19)10-7-11(13(16)17)9(2)12(14)8-10/h7-8H,6H2,1-3H3,(H,16,17). The molecular weight excluding hydrogens is 285 g/mol. The van der Waals surface area contributed by atoms with E-state index in [0.29, 0.717) is 0 Å². The summed E-state index contributed by atoms with van der Waals surface area (Å²) in [6.07, 6.45) is 0. The van der Waals surface area contributed by atoms with Crippen molar-refractivity contribution in [3.8, 4) is 11.8 Å². The molecule has 0 radical (unpaired) electrons. The van der Waals surface area contributed by atoms with Gasteiger partial charge in [-0.25, -0.2) is 17.6 Å². The molecule has 0 bridgehead atoms. The fourth-order valence-corrected chi connectivity index (χ4v) is 2.59. The predicted octanol–water partition coefficient (Wildman–Crippen LogP) is 1.48. The zero-order valence-corrected chi connectivity index (χ0v) is 12.1. The minimum Gasteiger partial charge on any atom is -0.478 e. The molecule has 0 spiro atoms. The molecule has 1 aromatic carbocycles. The van der Waals surface area contributed by atoms with Crippen LogP contribution in [0, 0.1) is 24.6 Å². The van der Waals surface area contributed by atoms with Gasteiger partial charge in [0.15, 0.2) is 0 Å². The SMILES string of the molecule is CC#CCN(C)S(=O)(=O)c1cc(F)c(C)c(C(=O)O)c1. The van der Waals surface area contributed by atoms with Crippen molar-refractivity contribution in [2.24, 2.45) is 0 Å². The van der Waals surface area contributed by atoms with Gasteiger partial charge in [-0.05, 0) is 31.5 Å². The van der Waals surface area contributed by atoms with Crippen molar-refractivity contribution >= 4 is 16.0 Å². The van der Waals surface area contributed by atoms with E-state index in [1.807, 2.05) is 0 Å². The smallest absolute Gasteiger partial charge is 0.336 e. The summed E-state index contributed by atoms with van der Waals surface area (Å²) in [4.78, 5) is 10.6. The van der Waals surface area contributed by atoms with Crippen LogP contribution in [0.3, 0.4) is 0 Å². The number of aromatic carboxylic acids is 1. The minimum absolute atomic E-state index is 0.0588. The van der Waals surface area contributed by atoms with Gasteiger partial charge in [0.2, 0.25) is 10.0 Å². The van der Waals surface area contributed by atoms with Crippen molar-refractivity contribution in [2.75, 3.05) is 13.6 Å². The average Bonchev–Trinajstić information content (AvgIpc) is 2.38. The Hall–Kier alpha value is -1.91. The highest BCUT2D eigenvalue weighted by Crippen LogP contribution is 2.21. The van der Waals surface area contributed by atoms with Crippen LogP contribution in [0.25, 0.3) is 0 Å². The number of nitrogens with zero attached hydrogens (tertiary/aromatic N) is 1. The van der Waals surface area contributed by atoms with E-state index in [0.717, 1.165) is 16.4 Å². The summed E-state index contributed by atoms with van der Waals surface area (Å²) in [5.41, 5.74) is -0.481. The van der Waals surface area contributed by atoms with Gasteiger partial charge in [-0.3, -0.25) is 0 Å². The molecule has 0 aliphatic carbocycles. The summed E-state index contributed by atoms with van der Waals surface area (Å²) in [7, 11) is -2.69. The van der Waals surface area contributed by atoms with E-state index in [9.17, 15) is 17.6 Å². The summed E-state index contributed by atoms with van der Waals surface area (Å²) in [5, 5.41) is 8.96. The van der Waals surface area contributed by atoms with E-state index in [1.165, 1.54) is 14.0 Å². The van der Waals surface area contributed by atoms with E-state index in [1.54, 1.807) is 6.92 Å². The second-order valence-corrected chi connectivity index (χ2v) is 6.12. The number of rotatable bonds is 4. The number of carboxylic acids is 1. The second kappa shape index (κ2) is 6.03. The van der Waals surface area contributed by atoms with Gasteiger partial charge in [0.05, 0.1) is 17.0 Å². The van der Waals surface area contributed by atoms with E-state index in [2.05, 4.69) is 11.8 Å². The Morgan fingerprint density at radius 1 is 1.45 bits per heavy atom. The summed E-state index contributed by atoms with van der Waals surface area (Å²) >= 11 is 0. The van der Waals surface area contributed by atoms with Crippen molar-refractivity contribution in [3.63, 3.8) is 0 Å². The lowest BCUT2D eigenvalue weighted by molar-refractivity contribution is 0.0695. The number of hydrogen-bond acceptors (Lipinski definition) is 3. The first-order chi connectivity index (χ1) is 9.21. The van der Waals surface area contributed by atoms with Crippen LogP contribution in [0.1, 0.15) is 22.8 Å². The van der Waals surface area contributed by atoms with Crippen LogP contribution in [0.4, 0.5) is 4.39 Å². The number of hydrogen-bond donors (Lipinski definition) is 1. The molecule has 0 aliphatic heterocycles. The Morgan fingerprint density at radius 2 is 2.05 bits per heavy atom. The Balaban J connectivity index is 3.38. The Labute approximate surface area is 117 Å². The fraction of sp³-hybridized carbons (Fsp3) is 0.308. The molecular formula is C13H14FNO4S. The normalized spacial score (nSPS) is 11.1. The monoisotopic (exact) mass is 299 g/mol. The Morgan fingerprint density at radius 3 is 2.55 bits per heavy atom. The van der Waals surface area contributed by atoms with E-state index >= 15 is 0 Å². The van der Waals surface area contributed by atoms with Crippen LogP contribution in [0.5, 0.6) is 0 Å². The average molecular weight is 299 g/mol. The highest BCUT2D eigenvalue weighted by molar-refractivity contribution is 7.89. The van der Waals surface area contributed by atoms with Crippen LogP contribution < -0.4 is 0 Å². The van der Waals surface area contributed by atoms with Crippen molar-refractivity contribution in [3.05, 3.63) is 29.1 Å². The molecule has 0 aliphatic rings. The third-order valence-electron chi connectivity index (χ3n) is 2.73. The van der Waals surface area contributed by atoms with Crippen molar-refractivity contribution in [2.45, 2.75) is 18.7 Å². The van der Waals surface area contributed by atoms with Crippen LogP contribution >= 0.6 is 0 Å². The molecule has 5 nitrogen and oxygen atoms in total. The maximum absolute atomic E-state index is 13.7. The quantitative estimate of drug-likeness (QED) is 0.854. The molecule has 108 valence electrons. The molecule has 0 aromatic heterocycles. The lowest BCUT2D eigenvalue weighted by atomic mass is 10.1. The van der Waals surface area contributed by atoms with Crippen molar-refractivity contribution in [1.29, 1.82) is 0 Å². The molecule has 0 fully saturated rings. The number of carbonyl (C=O) groups is 1. The maximum atomic E-state index is 13.7. The van der Waals surface area contributed by atoms with Crippen molar-refractivity contribution < 1.29 is 22.7 Å². The van der Waals surface area contributed by atoms with Crippen LogP contribution in [-0.4, -0.2) is 37.4 Å². The summed E-state index contributed by atoms with van der Waals surface area (Å²) in [6, 6.07) is 1.76. The molecule has 0 amide bonds. The molecule has 0 saturated heterocycles. The summed E-state index contributed by atoms with van der Waals surface area (Å²) < 4.78 is 39.0. The summed E-state index contributed by atoms with van der Waals surface area (Å²) in [5.74, 6) is 2.87. The Bertz CT molecular complexity index is 701. The van der Waals surface area contributed by atoms with Gasteiger partial charge >= 0.3 is 5.97 Å². The predicted molar refractivity (Wildman–Crippen MR) is 71.4 cm³/mol. The second-order valence-electron chi connectivity index (χ2n) is 4.07. The zero-order chi connectivity index (χ0) is 15.5. The van der Waals surface area contributed by atoms with Gasteiger partial charge in [-0.2, -0.15) is 4.31 Å². The maximum Gasteiger partial charge on any atom is 0.336 e. The fourth-order valence-electron chi connectivity index (χ4n) is 1.48. The third-order valence-corrected chi connectivity index (χ3v) is 4.52. The largest absolute Gasteiger partial charge is 0.478 e. The molecule has 0 atom stereocenters. The van der Waals surface area contributed by atoms with Crippen molar-refractivity contribution in [1.82, 2.24) is 4.31 Å². The van der Waals surface area contributed by atoms with Gasteiger partial charge in [-0.1, -0.05) is 5.92 Å². The topological polar surface area (TPSA) is 74.7 Å². The number of halogens is 1. The van der Waals surface area contributed by atoms with E-state index in [4.69, 9.17) is 5.11 Å². The molecule has 7 heteroatoms. The molecule has 0 heterocycles. The van der Waals surface area contributed by atoms with E-state index in [-0.39, 0.29) is 17.7 Å². The van der Waals surface area contributed by atoms with Gasteiger partial charge < -0.3 is 5.11 Å². The molecule has 0 unspecified atom stereocenters. The van der Waals surface area contributed by atoms with Gasteiger partial charge in [0.25, 0.3) is 0 Å². The number of benzene rings is 1. The highest BCUT2D eigenvalue weighted by Gasteiger charge is 2.24. The third kappa shape index (κ3) is 3.15. The highest BCUT2D eigenvalue weighted by atomic mass is 32.2. The van der Waals surface area contributed by atoms with E-state index < -0.39 is 26.7 Å². The molecule has 1 N–H and O–H groups in total. The molecule has 20 heavy (non-hydrogen) atoms. The number of sulfonamides is 1. The lowest BCUT2D eigenvalue weighted by Crippen LogP contribution is -2.27. The minimum atomic E-state index is -3.98. The van der Waals surface area contributed by atoms with Crippen LogP contribution in [0.2, 0.25) is 0 Å². The van der Waals surface area contributed by atoms with Crippen LogP contribution in [-0.2, 0) is 10.0 Å². The summed E-state index contributed by atoms with van der Waals surface area (Å²) in [6.45, 7) is 2.78. The van der Waals surface area contributed by atoms with Gasteiger partial charge in [0, 0.05) is 7.05 Å². The first kappa shape index (κ1) is 16.1. The first-order valence-electron chi connectivity index (χ1n) is 5.61.